The zero-order chi connectivity index (χ0) is 22.4. The first-order valence-electron chi connectivity index (χ1n) is 9.00. The van der Waals surface area contributed by atoms with Gasteiger partial charge in [0.25, 0.3) is 5.91 Å². The highest BCUT2D eigenvalue weighted by atomic mass is 19.4. The lowest BCUT2D eigenvalue weighted by molar-refractivity contribution is -0.250. The number of pyridine rings is 1. The van der Waals surface area contributed by atoms with Crippen molar-refractivity contribution in [3.8, 4) is 5.82 Å². The molecule has 0 radical (unpaired) electrons. The average Bonchev–Trinajstić information content (AvgIpc) is 3.17. The molecule has 1 unspecified atom stereocenters. The van der Waals surface area contributed by atoms with E-state index in [2.05, 4.69) is 10.1 Å². The number of alkyl halides is 3. The van der Waals surface area contributed by atoms with Crippen molar-refractivity contribution < 1.29 is 36.2 Å². The summed E-state index contributed by atoms with van der Waals surface area (Å²) < 4.78 is 81.7. The van der Waals surface area contributed by atoms with Gasteiger partial charge in [0, 0.05) is 36.5 Å². The molecule has 0 saturated carbocycles. The van der Waals surface area contributed by atoms with E-state index in [0.29, 0.717) is 12.6 Å². The Hall–Kier alpha value is -2.63. The molecule has 1 amide bonds. The smallest absolute Gasteiger partial charge is 0.373 e. The topological polar surface area (TPSA) is 71.2 Å². The van der Waals surface area contributed by atoms with Gasteiger partial charge in [-0.05, 0) is 32.8 Å². The highest BCUT2D eigenvalue weighted by molar-refractivity contribution is 5.85. The molecule has 1 saturated heterocycles. The predicted molar refractivity (Wildman–Crippen MR) is 91.2 cm³/mol. The van der Waals surface area contributed by atoms with Crippen LogP contribution in [0.15, 0.2) is 12.3 Å². The molecular formula is C18H18F6N4O2. The van der Waals surface area contributed by atoms with E-state index >= 15 is 0 Å². The first-order chi connectivity index (χ1) is 13.9. The molecule has 0 bridgehead atoms. The molecule has 2 aromatic rings. The van der Waals surface area contributed by atoms with Crippen LogP contribution in [0.4, 0.5) is 26.3 Å². The zero-order valence-electron chi connectivity index (χ0n) is 16.0. The number of nitrogens with zero attached hydrogens (tertiary/aromatic N) is 4. The van der Waals surface area contributed by atoms with Gasteiger partial charge in [0.05, 0.1) is 0 Å². The van der Waals surface area contributed by atoms with E-state index in [1.54, 1.807) is 0 Å². The monoisotopic (exact) mass is 436 g/mol. The third kappa shape index (κ3) is 3.64. The summed E-state index contributed by atoms with van der Waals surface area (Å²) in [6.07, 6.45) is -3.51. The van der Waals surface area contributed by atoms with Gasteiger partial charge in [0.1, 0.15) is 0 Å². The number of hydrogen-bond acceptors (Lipinski definition) is 4. The van der Waals surface area contributed by atoms with E-state index < -0.39 is 46.6 Å². The molecular weight excluding hydrogens is 418 g/mol. The number of aromatic nitrogens is 3. The lowest BCUT2D eigenvalue weighted by atomic mass is 9.92. The van der Waals surface area contributed by atoms with Gasteiger partial charge < -0.3 is 10.0 Å². The van der Waals surface area contributed by atoms with Crippen LogP contribution in [0.1, 0.15) is 36.9 Å². The van der Waals surface area contributed by atoms with Gasteiger partial charge >= 0.3 is 6.18 Å². The summed E-state index contributed by atoms with van der Waals surface area (Å²) in [6.45, 7) is 1.23. The van der Waals surface area contributed by atoms with Crippen molar-refractivity contribution in [1.82, 2.24) is 19.7 Å². The van der Waals surface area contributed by atoms with Gasteiger partial charge in [0.15, 0.2) is 11.6 Å². The molecule has 3 heterocycles. The van der Waals surface area contributed by atoms with Crippen molar-refractivity contribution in [2.75, 3.05) is 13.1 Å². The van der Waals surface area contributed by atoms with Crippen LogP contribution in [-0.4, -0.2) is 55.5 Å². The normalized spacial score (nSPS) is 17.8. The lowest BCUT2D eigenvalue weighted by Crippen LogP contribution is -2.57. The number of likely N-dealkylation sites (tertiary alicyclic amines) is 1. The van der Waals surface area contributed by atoms with E-state index in [4.69, 9.17) is 0 Å². The summed E-state index contributed by atoms with van der Waals surface area (Å²) in [4.78, 5) is 16.4. The number of rotatable bonds is 3. The Morgan fingerprint density at radius 3 is 2.33 bits per heavy atom. The van der Waals surface area contributed by atoms with Crippen LogP contribution >= 0.6 is 0 Å². The van der Waals surface area contributed by atoms with Crippen LogP contribution in [0.5, 0.6) is 0 Å². The van der Waals surface area contributed by atoms with Crippen LogP contribution < -0.4 is 0 Å². The maximum atomic E-state index is 14.3. The van der Waals surface area contributed by atoms with Crippen molar-refractivity contribution >= 4 is 5.91 Å². The van der Waals surface area contributed by atoms with Crippen LogP contribution in [0.3, 0.4) is 0 Å². The fourth-order valence-electron chi connectivity index (χ4n) is 3.33. The predicted octanol–water partition coefficient (Wildman–Crippen LogP) is 3.01. The number of halogens is 6. The highest BCUT2D eigenvalue weighted by Gasteiger charge is 2.57. The molecule has 1 aliphatic heterocycles. The number of carbonyl (C=O) groups is 1. The number of aliphatic hydroxyl groups is 1. The Bertz CT molecular complexity index is 964. The molecule has 1 N–H and O–H groups in total. The summed E-state index contributed by atoms with van der Waals surface area (Å²) in [7, 11) is 0. The minimum atomic E-state index is -5.12. The third-order valence-electron chi connectivity index (χ3n) is 5.27. The number of amides is 1. The summed E-state index contributed by atoms with van der Waals surface area (Å²) >= 11 is 0. The molecule has 1 aliphatic rings. The second kappa shape index (κ2) is 7.56. The van der Waals surface area contributed by atoms with E-state index in [1.807, 2.05) is 0 Å². The first-order valence-corrected chi connectivity index (χ1v) is 9.00. The highest BCUT2D eigenvalue weighted by Crippen LogP contribution is 2.35. The molecule has 2 aromatic heterocycles. The Labute approximate surface area is 167 Å². The Kier molecular flexibility index (Phi) is 5.56. The molecule has 12 heteroatoms. The minimum Gasteiger partial charge on any atom is -0.373 e. The number of hydrogen-bond donors (Lipinski definition) is 1. The molecule has 164 valence electrons. The van der Waals surface area contributed by atoms with Crippen molar-refractivity contribution in [2.24, 2.45) is 0 Å². The molecule has 0 spiro atoms. The summed E-state index contributed by atoms with van der Waals surface area (Å²) in [6, 6.07) is 1.48. The van der Waals surface area contributed by atoms with Gasteiger partial charge in [-0.1, -0.05) is 0 Å². The Balaban J connectivity index is 1.81. The average molecular weight is 436 g/mol. The van der Waals surface area contributed by atoms with E-state index in [1.165, 1.54) is 12.3 Å². The molecule has 3 rings (SSSR count). The van der Waals surface area contributed by atoms with Gasteiger partial charge in [-0.15, -0.1) is 0 Å². The Morgan fingerprint density at radius 2 is 1.77 bits per heavy atom. The second-order valence-corrected chi connectivity index (χ2v) is 7.28. The number of piperidine rings is 1. The molecule has 1 fully saturated rings. The molecule has 6 nitrogen and oxygen atoms in total. The summed E-state index contributed by atoms with van der Waals surface area (Å²) in [5.74, 6) is -6.49. The maximum Gasteiger partial charge on any atom is 0.426 e. The molecule has 0 aliphatic carbocycles. The van der Waals surface area contributed by atoms with Gasteiger partial charge in [0.2, 0.25) is 17.4 Å². The standard InChI is InChI=1S/C18H18F6N4O2/c1-9-12(19)13(20)15(26-14(9)21)28-11(3-6-25-28)10-4-7-27(8-5-10)16(29)17(2,30)18(22,23)24/h3,6,10,30H,4-5,7-8H2,1-2H3. The SMILES string of the molecule is Cc1c(F)nc(-n2nccc2C2CCN(C(=O)C(C)(O)C(F)(F)F)CC2)c(F)c1F. The zero-order valence-corrected chi connectivity index (χ0v) is 16.0. The van der Waals surface area contributed by atoms with Crippen molar-refractivity contribution in [3.05, 3.63) is 41.1 Å². The minimum absolute atomic E-state index is 0.104. The van der Waals surface area contributed by atoms with Crippen LogP contribution in [-0.2, 0) is 4.79 Å². The molecule has 0 aromatic carbocycles. The maximum absolute atomic E-state index is 14.3. The largest absolute Gasteiger partial charge is 0.426 e. The van der Waals surface area contributed by atoms with E-state index in [9.17, 15) is 36.2 Å². The fourth-order valence-corrected chi connectivity index (χ4v) is 3.33. The van der Waals surface area contributed by atoms with Crippen LogP contribution in [0.2, 0.25) is 0 Å². The Morgan fingerprint density at radius 1 is 1.17 bits per heavy atom. The van der Waals surface area contributed by atoms with Gasteiger partial charge in [-0.2, -0.15) is 32.0 Å². The molecule has 1 atom stereocenters. The summed E-state index contributed by atoms with van der Waals surface area (Å²) in [5, 5.41) is 13.4. The van der Waals surface area contributed by atoms with Crippen LogP contribution in [0.25, 0.3) is 5.82 Å². The van der Waals surface area contributed by atoms with Gasteiger partial charge in [-0.3, -0.25) is 4.79 Å². The third-order valence-corrected chi connectivity index (χ3v) is 5.27. The second-order valence-electron chi connectivity index (χ2n) is 7.28. The fraction of sp³-hybridized carbons (Fsp3) is 0.500. The van der Waals surface area contributed by atoms with Gasteiger partial charge in [-0.25, -0.2) is 9.07 Å². The van der Waals surface area contributed by atoms with Crippen molar-refractivity contribution in [1.29, 1.82) is 0 Å². The van der Waals surface area contributed by atoms with Crippen molar-refractivity contribution in [3.63, 3.8) is 0 Å². The first kappa shape index (κ1) is 22.1. The van der Waals surface area contributed by atoms with Crippen LogP contribution in [0, 0.1) is 24.5 Å². The quantitative estimate of drug-likeness (QED) is 0.593. The van der Waals surface area contributed by atoms with Crippen molar-refractivity contribution in [2.45, 2.75) is 44.4 Å². The van der Waals surface area contributed by atoms with E-state index in [0.717, 1.165) is 16.5 Å². The summed E-state index contributed by atoms with van der Waals surface area (Å²) in [5.41, 5.74) is -3.74. The number of carbonyl (C=O) groups excluding carboxylic acids is 1. The van der Waals surface area contributed by atoms with E-state index in [-0.39, 0.29) is 31.8 Å². The molecule has 30 heavy (non-hydrogen) atoms. The lowest BCUT2D eigenvalue weighted by Gasteiger charge is -2.36.